The van der Waals surface area contributed by atoms with Crippen LogP contribution in [0.3, 0.4) is 0 Å². The topological polar surface area (TPSA) is 0 Å². The average molecular weight is 268 g/mol. The Labute approximate surface area is 113 Å². The van der Waals surface area contributed by atoms with Gasteiger partial charge in [-0.05, 0) is 70.8 Å². The molecule has 0 unspecified atom stereocenters. The van der Waals surface area contributed by atoms with Gasteiger partial charge in [-0.3, -0.25) is 0 Å². The molecule has 0 atom stereocenters. The summed E-state index contributed by atoms with van der Waals surface area (Å²) < 4.78 is 2.85. The number of fused-ring (bicyclic) bond motifs is 5. The molecule has 2 heterocycles. The molecular weight excluding hydrogens is 256 g/mol. The van der Waals surface area contributed by atoms with Crippen molar-refractivity contribution in [3.05, 3.63) is 46.2 Å². The molecule has 18 heavy (non-hydrogen) atoms. The van der Waals surface area contributed by atoms with Crippen LogP contribution in [-0.4, -0.2) is 0 Å². The van der Waals surface area contributed by atoms with Crippen molar-refractivity contribution in [2.24, 2.45) is 0 Å². The third-order valence-electron chi connectivity index (χ3n) is 3.64. The minimum absolute atomic E-state index is 1.39. The van der Waals surface area contributed by atoms with Crippen LogP contribution in [0.1, 0.15) is 11.1 Å². The molecular formula is C16H12S2. The van der Waals surface area contributed by atoms with Crippen LogP contribution in [0.25, 0.3) is 30.9 Å². The quantitative estimate of drug-likeness (QED) is 0.373. The third kappa shape index (κ3) is 1.25. The fourth-order valence-corrected chi connectivity index (χ4v) is 4.60. The summed E-state index contributed by atoms with van der Waals surface area (Å²) in [6, 6.07) is 9.21. The molecule has 0 amide bonds. The maximum Gasteiger partial charge on any atom is 0.0378 e. The van der Waals surface area contributed by atoms with Gasteiger partial charge in [0.05, 0.1) is 0 Å². The van der Waals surface area contributed by atoms with E-state index in [-0.39, 0.29) is 0 Å². The molecule has 0 nitrogen and oxygen atoms in total. The van der Waals surface area contributed by atoms with E-state index in [2.05, 4.69) is 48.9 Å². The first-order chi connectivity index (χ1) is 8.75. The summed E-state index contributed by atoms with van der Waals surface area (Å²) in [6.45, 7) is 4.44. The van der Waals surface area contributed by atoms with Gasteiger partial charge in [0.15, 0.2) is 0 Å². The third-order valence-corrected chi connectivity index (χ3v) is 5.74. The van der Waals surface area contributed by atoms with E-state index < -0.39 is 0 Å². The van der Waals surface area contributed by atoms with Gasteiger partial charge in [0, 0.05) is 20.2 Å². The van der Waals surface area contributed by atoms with Crippen LogP contribution in [0, 0.1) is 13.8 Å². The summed E-state index contributed by atoms with van der Waals surface area (Å²) in [4.78, 5) is 0. The van der Waals surface area contributed by atoms with Crippen LogP contribution in [0.4, 0.5) is 0 Å². The van der Waals surface area contributed by atoms with Crippen LogP contribution >= 0.6 is 22.7 Å². The zero-order valence-electron chi connectivity index (χ0n) is 10.3. The standard InChI is InChI=1S/C16H12S2/c1-9-7-13-12-4-6-18-16(12)10(2)8-14(13)11-3-5-17-15(9)11/h3-8H,1-2H3. The summed E-state index contributed by atoms with van der Waals surface area (Å²) >= 11 is 3.69. The molecule has 0 aliphatic heterocycles. The Bertz CT molecular complexity index is 818. The van der Waals surface area contributed by atoms with Gasteiger partial charge in [0.25, 0.3) is 0 Å². The fourth-order valence-electron chi connectivity index (χ4n) is 2.82. The van der Waals surface area contributed by atoms with Crippen molar-refractivity contribution in [3.8, 4) is 0 Å². The van der Waals surface area contributed by atoms with Crippen LogP contribution in [0.5, 0.6) is 0 Å². The predicted molar refractivity (Wildman–Crippen MR) is 84.2 cm³/mol. The second-order valence-corrected chi connectivity index (χ2v) is 6.64. The molecule has 2 aromatic carbocycles. The Hall–Kier alpha value is -1.38. The minimum atomic E-state index is 1.39. The molecule has 0 N–H and O–H groups in total. The van der Waals surface area contributed by atoms with E-state index in [0.29, 0.717) is 0 Å². The van der Waals surface area contributed by atoms with E-state index in [4.69, 9.17) is 0 Å². The van der Waals surface area contributed by atoms with Crippen molar-refractivity contribution in [3.63, 3.8) is 0 Å². The molecule has 0 fully saturated rings. The monoisotopic (exact) mass is 268 g/mol. The van der Waals surface area contributed by atoms with Crippen molar-refractivity contribution < 1.29 is 0 Å². The summed E-state index contributed by atoms with van der Waals surface area (Å²) in [5.74, 6) is 0. The summed E-state index contributed by atoms with van der Waals surface area (Å²) in [6.07, 6.45) is 0. The smallest absolute Gasteiger partial charge is 0.0378 e. The van der Waals surface area contributed by atoms with Crippen LogP contribution in [0.2, 0.25) is 0 Å². The maximum atomic E-state index is 2.35. The van der Waals surface area contributed by atoms with Gasteiger partial charge in [-0.1, -0.05) is 0 Å². The SMILES string of the molecule is Cc1cc2c3ccsc3c(C)cc2c2ccsc12. The number of benzene rings is 2. The fraction of sp³-hybridized carbons (Fsp3) is 0.125. The molecule has 0 spiro atoms. The zero-order chi connectivity index (χ0) is 12.3. The van der Waals surface area contributed by atoms with Crippen molar-refractivity contribution in [1.82, 2.24) is 0 Å². The predicted octanol–water partition coefficient (Wildman–Crippen LogP) is 5.89. The lowest BCUT2D eigenvalue weighted by molar-refractivity contribution is 1.57. The number of rotatable bonds is 0. The highest BCUT2D eigenvalue weighted by molar-refractivity contribution is 7.18. The lowest BCUT2D eigenvalue weighted by Crippen LogP contribution is -1.81. The van der Waals surface area contributed by atoms with E-state index in [0.717, 1.165) is 0 Å². The van der Waals surface area contributed by atoms with E-state index in [1.807, 2.05) is 22.7 Å². The van der Waals surface area contributed by atoms with Crippen molar-refractivity contribution in [2.75, 3.05) is 0 Å². The molecule has 0 saturated heterocycles. The number of aryl methyl sites for hydroxylation is 2. The molecule has 2 heteroatoms. The molecule has 0 aliphatic carbocycles. The normalized spacial score (nSPS) is 11.9. The molecule has 0 bridgehead atoms. The number of hydrogen-bond acceptors (Lipinski definition) is 2. The Morgan fingerprint density at radius 3 is 1.56 bits per heavy atom. The molecule has 0 aliphatic rings. The lowest BCUT2D eigenvalue weighted by atomic mass is 9.99. The van der Waals surface area contributed by atoms with E-state index >= 15 is 0 Å². The van der Waals surface area contributed by atoms with Crippen LogP contribution in [-0.2, 0) is 0 Å². The van der Waals surface area contributed by atoms with E-state index in [1.165, 1.54) is 42.1 Å². The van der Waals surface area contributed by atoms with Gasteiger partial charge in [0.1, 0.15) is 0 Å². The molecule has 0 saturated carbocycles. The first kappa shape index (κ1) is 10.5. The molecule has 0 radical (unpaired) electrons. The molecule has 4 rings (SSSR count). The molecule has 4 aromatic rings. The highest BCUT2D eigenvalue weighted by Crippen LogP contribution is 2.38. The number of hydrogen-bond donors (Lipinski definition) is 0. The van der Waals surface area contributed by atoms with Gasteiger partial charge in [-0.15, -0.1) is 22.7 Å². The Balaban J connectivity index is 2.40. The van der Waals surface area contributed by atoms with Gasteiger partial charge in [0.2, 0.25) is 0 Å². The molecule has 2 aromatic heterocycles. The van der Waals surface area contributed by atoms with Crippen molar-refractivity contribution in [2.45, 2.75) is 13.8 Å². The Morgan fingerprint density at radius 1 is 0.667 bits per heavy atom. The van der Waals surface area contributed by atoms with Gasteiger partial charge in [-0.2, -0.15) is 0 Å². The van der Waals surface area contributed by atoms with Crippen molar-refractivity contribution >= 4 is 53.6 Å². The minimum Gasteiger partial charge on any atom is -0.144 e. The first-order valence-corrected chi connectivity index (χ1v) is 7.79. The van der Waals surface area contributed by atoms with Crippen LogP contribution < -0.4 is 0 Å². The van der Waals surface area contributed by atoms with Gasteiger partial charge >= 0.3 is 0 Å². The Morgan fingerprint density at radius 2 is 1.11 bits per heavy atom. The largest absolute Gasteiger partial charge is 0.144 e. The van der Waals surface area contributed by atoms with E-state index in [9.17, 15) is 0 Å². The van der Waals surface area contributed by atoms with Crippen molar-refractivity contribution in [1.29, 1.82) is 0 Å². The summed E-state index contributed by atoms with van der Waals surface area (Å²) in [5, 5.41) is 10.0. The summed E-state index contributed by atoms with van der Waals surface area (Å²) in [7, 11) is 0. The van der Waals surface area contributed by atoms with E-state index in [1.54, 1.807) is 0 Å². The first-order valence-electron chi connectivity index (χ1n) is 6.03. The maximum absolute atomic E-state index is 2.35. The van der Waals surface area contributed by atoms with Gasteiger partial charge < -0.3 is 0 Å². The highest BCUT2D eigenvalue weighted by Gasteiger charge is 2.10. The second kappa shape index (κ2) is 3.56. The van der Waals surface area contributed by atoms with Gasteiger partial charge in [-0.25, -0.2) is 0 Å². The number of thiophene rings is 2. The Kier molecular flexibility index (Phi) is 2.08. The van der Waals surface area contributed by atoms with Crippen LogP contribution in [0.15, 0.2) is 35.0 Å². The average Bonchev–Trinajstić information content (AvgIpc) is 2.98. The summed E-state index contributed by atoms with van der Waals surface area (Å²) in [5.41, 5.74) is 2.78. The molecule has 88 valence electrons. The second-order valence-electron chi connectivity index (χ2n) is 4.81. The highest BCUT2D eigenvalue weighted by atomic mass is 32.1. The lowest BCUT2D eigenvalue weighted by Gasteiger charge is -2.07. The zero-order valence-corrected chi connectivity index (χ0v) is 11.9.